The molecule has 0 spiro atoms. The number of amides is 3. The fourth-order valence-corrected chi connectivity index (χ4v) is 4.41. The highest BCUT2D eigenvalue weighted by atomic mass is 35.5. The van der Waals surface area contributed by atoms with Crippen molar-refractivity contribution in [3.63, 3.8) is 0 Å². The smallest absolute Gasteiger partial charge is 0.318 e. The van der Waals surface area contributed by atoms with Crippen LogP contribution in [0.15, 0.2) is 18.2 Å². The van der Waals surface area contributed by atoms with Crippen molar-refractivity contribution in [1.29, 1.82) is 0 Å². The van der Waals surface area contributed by atoms with Crippen LogP contribution in [-0.4, -0.2) is 54.0 Å². The summed E-state index contributed by atoms with van der Waals surface area (Å²) in [6.45, 7) is 8.11. The summed E-state index contributed by atoms with van der Waals surface area (Å²) in [7, 11) is 0. The molecule has 7 nitrogen and oxygen atoms in total. The molecule has 3 rings (SSSR count). The van der Waals surface area contributed by atoms with Crippen LogP contribution in [0.3, 0.4) is 0 Å². The van der Waals surface area contributed by atoms with Crippen molar-refractivity contribution in [3.8, 4) is 0 Å². The molecule has 1 atom stereocenters. The number of rotatable bonds is 5. The van der Waals surface area contributed by atoms with E-state index >= 15 is 0 Å². The molecule has 0 unspecified atom stereocenters. The Morgan fingerprint density at radius 3 is 2.50 bits per heavy atom. The van der Waals surface area contributed by atoms with Gasteiger partial charge in [0.1, 0.15) is 6.04 Å². The maximum Gasteiger partial charge on any atom is 0.318 e. The summed E-state index contributed by atoms with van der Waals surface area (Å²) in [4.78, 5) is 34.4. The number of piperazine rings is 1. The average molecular weight is 470 g/mol. The molecule has 2 aromatic rings. The van der Waals surface area contributed by atoms with E-state index in [1.807, 2.05) is 26.0 Å². The predicted molar refractivity (Wildman–Crippen MR) is 123 cm³/mol. The first kappa shape index (κ1) is 22.7. The zero-order valence-corrected chi connectivity index (χ0v) is 19.5. The van der Waals surface area contributed by atoms with Gasteiger partial charge in [-0.3, -0.25) is 4.79 Å². The van der Waals surface area contributed by atoms with Gasteiger partial charge in [-0.15, -0.1) is 11.3 Å². The molecule has 2 N–H and O–H groups in total. The van der Waals surface area contributed by atoms with Gasteiger partial charge in [0.2, 0.25) is 5.91 Å². The maximum atomic E-state index is 12.6. The normalized spacial score (nSPS) is 15.1. The van der Waals surface area contributed by atoms with E-state index in [4.69, 9.17) is 23.2 Å². The highest BCUT2D eigenvalue weighted by Gasteiger charge is 2.25. The lowest BCUT2D eigenvalue weighted by Crippen LogP contribution is -2.54. The third-order valence-electron chi connectivity index (χ3n) is 5.03. The number of aromatic nitrogens is 1. The topological polar surface area (TPSA) is 77.6 Å². The largest absolute Gasteiger partial charge is 0.368 e. The zero-order chi connectivity index (χ0) is 21.8. The summed E-state index contributed by atoms with van der Waals surface area (Å²) < 4.78 is 0. The lowest BCUT2D eigenvalue weighted by Gasteiger charge is -2.36. The fraction of sp³-hybridized carbons (Fsp3) is 0.450. The van der Waals surface area contributed by atoms with E-state index in [0.29, 0.717) is 41.4 Å². The second kappa shape index (κ2) is 9.85. The number of hydrogen-bond acceptors (Lipinski definition) is 5. The Hall–Kier alpha value is -2.03. The molecule has 1 aliphatic rings. The van der Waals surface area contributed by atoms with Crippen LogP contribution < -0.4 is 15.5 Å². The Kier molecular flexibility index (Phi) is 7.44. The van der Waals surface area contributed by atoms with Crippen LogP contribution >= 0.6 is 34.5 Å². The lowest BCUT2D eigenvalue weighted by atomic mass is 10.2. The molecule has 1 aromatic heterocycles. The molecule has 0 aliphatic carbocycles. The summed E-state index contributed by atoms with van der Waals surface area (Å²) >= 11 is 13.5. The van der Waals surface area contributed by atoms with Gasteiger partial charge in [0.25, 0.3) is 0 Å². The summed E-state index contributed by atoms with van der Waals surface area (Å²) in [5, 5.41) is 7.15. The number of carbonyl (C=O) groups is 2. The molecule has 162 valence electrons. The second-order valence-corrected chi connectivity index (χ2v) is 9.13. The highest BCUT2D eigenvalue weighted by molar-refractivity contribution is 7.15. The van der Waals surface area contributed by atoms with E-state index < -0.39 is 6.04 Å². The number of nitrogens with one attached hydrogen (secondary N) is 2. The van der Waals surface area contributed by atoms with E-state index in [-0.39, 0.29) is 11.9 Å². The van der Waals surface area contributed by atoms with Crippen LogP contribution in [0.2, 0.25) is 10.0 Å². The van der Waals surface area contributed by atoms with E-state index in [1.165, 1.54) is 11.3 Å². The SMILES string of the molecule is CCc1nc(NC(=O)[C@H](C)NC(=O)N2CCN(c3ccc(Cl)c(Cl)c3)CC2)sc1C. The summed E-state index contributed by atoms with van der Waals surface area (Å²) in [5.74, 6) is -0.283. The number of thiazole rings is 1. The number of aryl methyl sites for hydroxylation is 2. The second-order valence-electron chi connectivity index (χ2n) is 7.11. The number of anilines is 2. The highest BCUT2D eigenvalue weighted by Crippen LogP contribution is 2.28. The molecule has 2 heterocycles. The van der Waals surface area contributed by atoms with Gasteiger partial charge < -0.3 is 20.4 Å². The van der Waals surface area contributed by atoms with Gasteiger partial charge >= 0.3 is 6.03 Å². The molecule has 1 saturated heterocycles. The molecule has 10 heteroatoms. The Balaban J connectivity index is 1.49. The first-order valence-electron chi connectivity index (χ1n) is 9.81. The first-order valence-corrected chi connectivity index (χ1v) is 11.4. The van der Waals surface area contributed by atoms with Gasteiger partial charge in [-0.05, 0) is 38.5 Å². The minimum Gasteiger partial charge on any atom is -0.368 e. The molecule has 3 amide bonds. The number of halogens is 2. The quantitative estimate of drug-likeness (QED) is 0.688. The van der Waals surface area contributed by atoms with Crippen LogP contribution in [0, 0.1) is 6.92 Å². The Morgan fingerprint density at radius 2 is 1.90 bits per heavy atom. The van der Waals surface area contributed by atoms with Crippen LogP contribution in [0.4, 0.5) is 15.6 Å². The molecule has 0 radical (unpaired) electrons. The maximum absolute atomic E-state index is 12.6. The van der Waals surface area contributed by atoms with Crippen molar-refractivity contribution in [2.24, 2.45) is 0 Å². The van der Waals surface area contributed by atoms with Crippen molar-refractivity contribution < 1.29 is 9.59 Å². The van der Waals surface area contributed by atoms with E-state index in [2.05, 4.69) is 20.5 Å². The monoisotopic (exact) mass is 469 g/mol. The van der Waals surface area contributed by atoms with Gasteiger partial charge in [-0.1, -0.05) is 30.1 Å². The van der Waals surface area contributed by atoms with Gasteiger partial charge in [0.15, 0.2) is 5.13 Å². The van der Waals surface area contributed by atoms with Gasteiger partial charge in [-0.2, -0.15) is 0 Å². The Bertz CT molecular complexity index is 928. The number of benzene rings is 1. The van der Waals surface area contributed by atoms with Crippen molar-refractivity contribution in [2.75, 3.05) is 36.4 Å². The van der Waals surface area contributed by atoms with Crippen LogP contribution in [0.1, 0.15) is 24.4 Å². The van der Waals surface area contributed by atoms with Crippen molar-refractivity contribution in [1.82, 2.24) is 15.2 Å². The third kappa shape index (κ3) is 5.36. The van der Waals surface area contributed by atoms with Crippen LogP contribution in [0.25, 0.3) is 0 Å². The van der Waals surface area contributed by atoms with E-state index in [1.54, 1.807) is 17.9 Å². The van der Waals surface area contributed by atoms with Gasteiger partial charge in [0, 0.05) is 36.7 Å². The van der Waals surface area contributed by atoms with Gasteiger partial charge in [0.05, 0.1) is 15.7 Å². The molecule has 0 saturated carbocycles. The minimum atomic E-state index is -0.667. The van der Waals surface area contributed by atoms with Crippen LogP contribution in [-0.2, 0) is 11.2 Å². The molecular formula is C20H25Cl2N5O2S. The van der Waals surface area contributed by atoms with Crippen molar-refractivity contribution in [3.05, 3.63) is 38.8 Å². The Labute approximate surface area is 190 Å². The number of carbonyl (C=O) groups excluding carboxylic acids is 2. The Morgan fingerprint density at radius 1 is 1.20 bits per heavy atom. The summed E-state index contributed by atoms with van der Waals surface area (Å²) in [6.07, 6.45) is 0.818. The lowest BCUT2D eigenvalue weighted by molar-refractivity contribution is -0.117. The third-order valence-corrected chi connectivity index (χ3v) is 6.69. The fourth-order valence-electron chi connectivity index (χ4n) is 3.21. The minimum absolute atomic E-state index is 0.254. The molecule has 30 heavy (non-hydrogen) atoms. The van der Waals surface area contributed by atoms with Crippen molar-refractivity contribution >= 4 is 57.3 Å². The molecule has 1 aliphatic heterocycles. The average Bonchev–Trinajstić information content (AvgIpc) is 3.09. The molecular weight excluding hydrogens is 445 g/mol. The van der Waals surface area contributed by atoms with E-state index in [0.717, 1.165) is 22.7 Å². The van der Waals surface area contributed by atoms with E-state index in [9.17, 15) is 9.59 Å². The molecule has 0 bridgehead atoms. The zero-order valence-electron chi connectivity index (χ0n) is 17.2. The van der Waals surface area contributed by atoms with Crippen molar-refractivity contribution in [2.45, 2.75) is 33.2 Å². The number of hydrogen-bond donors (Lipinski definition) is 2. The van der Waals surface area contributed by atoms with Crippen LogP contribution in [0.5, 0.6) is 0 Å². The predicted octanol–water partition coefficient (Wildman–Crippen LogP) is 4.18. The number of nitrogens with zero attached hydrogens (tertiary/aromatic N) is 3. The first-order chi connectivity index (χ1) is 14.3. The van der Waals surface area contributed by atoms with Gasteiger partial charge in [-0.25, -0.2) is 9.78 Å². The standard InChI is InChI=1S/C20H25Cl2N5O2S/c1-4-17-13(3)30-19(24-17)25-18(28)12(2)23-20(29)27-9-7-26(8-10-27)14-5-6-15(21)16(22)11-14/h5-6,11-12H,4,7-10H2,1-3H3,(H,23,29)(H,24,25,28)/t12-/m0/s1. The summed E-state index contributed by atoms with van der Waals surface area (Å²) in [6, 6.07) is 4.60. The molecule has 1 aromatic carbocycles. The molecule has 1 fully saturated rings. The number of urea groups is 1. The summed E-state index contributed by atoms with van der Waals surface area (Å²) in [5.41, 5.74) is 1.95.